The van der Waals surface area contributed by atoms with Gasteiger partial charge in [-0.05, 0) is 97.2 Å². The van der Waals surface area contributed by atoms with E-state index in [-0.39, 0.29) is 45.7 Å². The lowest BCUT2D eigenvalue weighted by molar-refractivity contribution is -0.309. The van der Waals surface area contributed by atoms with Crippen molar-refractivity contribution < 1.29 is 44.5 Å². The zero-order valence-corrected chi connectivity index (χ0v) is 29.3. The lowest BCUT2D eigenvalue weighted by Gasteiger charge is -2.72. The monoisotopic (exact) mass is 648 g/mol. The number of ether oxygens (including phenoxy) is 3. The second-order valence-corrected chi connectivity index (χ2v) is 18.3. The molecule has 6 aliphatic rings. The van der Waals surface area contributed by atoms with Crippen molar-refractivity contribution in [2.24, 2.45) is 50.2 Å². The third-order valence-electron chi connectivity index (χ3n) is 15.5. The smallest absolute Gasteiger partial charge is 0.335 e. The predicted molar refractivity (Wildman–Crippen MR) is 171 cm³/mol. The third-order valence-corrected chi connectivity index (χ3v) is 15.5. The quantitative estimate of drug-likeness (QED) is 0.268. The van der Waals surface area contributed by atoms with Crippen molar-refractivity contribution in [3.8, 4) is 0 Å². The van der Waals surface area contributed by atoms with E-state index in [0.717, 1.165) is 44.9 Å². The van der Waals surface area contributed by atoms with E-state index in [0.29, 0.717) is 18.3 Å². The summed E-state index contributed by atoms with van der Waals surface area (Å²) in [5.74, 6) is -0.387. The molecule has 0 amide bonds. The molecule has 5 aliphatic carbocycles. The predicted octanol–water partition coefficient (Wildman–Crippen LogP) is 4.68. The highest BCUT2D eigenvalue weighted by Crippen LogP contribution is 2.75. The van der Waals surface area contributed by atoms with Crippen LogP contribution in [0, 0.1) is 50.2 Å². The summed E-state index contributed by atoms with van der Waals surface area (Å²) in [5.41, 5.74) is 1.45. The van der Waals surface area contributed by atoms with E-state index in [1.54, 1.807) is 5.57 Å². The molecule has 9 nitrogen and oxygen atoms in total. The topological polar surface area (TPSA) is 146 Å². The van der Waals surface area contributed by atoms with Crippen LogP contribution in [0.15, 0.2) is 11.6 Å². The van der Waals surface area contributed by atoms with E-state index < -0.39 is 48.2 Å². The van der Waals surface area contributed by atoms with Crippen LogP contribution in [0.4, 0.5) is 0 Å². The Morgan fingerprint density at radius 3 is 2.22 bits per heavy atom. The Balaban J connectivity index is 1.29. The first-order valence-electron chi connectivity index (χ1n) is 17.7. The Morgan fingerprint density at radius 2 is 1.57 bits per heavy atom. The van der Waals surface area contributed by atoms with Crippen molar-refractivity contribution >= 4 is 5.97 Å². The number of methoxy groups -OCH3 is 1. The molecule has 0 spiro atoms. The fourth-order valence-corrected chi connectivity index (χ4v) is 12.5. The molecule has 0 aromatic heterocycles. The van der Waals surface area contributed by atoms with Gasteiger partial charge in [0, 0.05) is 17.9 Å². The van der Waals surface area contributed by atoms with E-state index in [1.807, 2.05) is 7.11 Å². The van der Waals surface area contributed by atoms with E-state index in [9.17, 15) is 30.3 Å². The lowest BCUT2D eigenvalue weighted by Crippen LogP contribution is -2.66. The molecule has 1 aliphatic heterocycles. The molecular weight excluding hydrogens is 588 g/mol. The fraction of sp³-hybridized carbons (Fsp3) is 0.919. The lowest BCUT2D eigenvalue weighted by atomic mass is 9.33. The van der Waals surface area contributed by atoms with Gasteiger partial charge in [0.2, 0.25) is 0 Å². The molecule has 0 radical (unpaired) electrons. The molecule has 0 aromatic carbocycles. The largest absolute Gasteiger partial charge is 0.479 e. The van der Waals surface area contributed by atoms with Gasteiger partial charge in [0.25, 0.3) is 0 Å². The van der Waals surface area contributed by atoms with Crippen LogP contribution in [0.3, 0.4) is 0 Å². The zero-order valence-electron chi connectivity index (χ0n) is 29.3. The summed E-state index contributed by atoms with van der Waals surface area (Å²) >= 11 is 0. The molecule has 262 valence electrons. The number of aliphatic carboxylic acids is 1. The highest BCUT2D eigenvalue weighted by molar-refractivity contribution is 5.73. The molecule has 9 heteroatoms. The number of aliphatic hydroxyl groups is 4. The average molecular weight is 649 g/mol. The minimum Gasteiger partial charge on any atom is -0.479 e. The van der Waals surface area contributed by atoms with Crippen molar-refractivity contribution in [3.05, 3.63) is 11.6 Å². The Morgan fingerprint density at radius 1 is 0.870 bits per heavy atom. The minimum absolute atomic E-state index is 0.0427. The fourth-order valence-electron chi connectivity index (χ4n) is 12.5. The number of aliphatic hydroxyl groups excluding tert-OH is 4. The van der Waals surface area contributed by atoms with Crippen LogP contribution >= 0.6 is 0 Å². The Bertz CT molecular complexity index is 1240. The van der Waals surface area contributed by atoms with Gasteiger partial charge >= 0.3 is 5.97 Å². The number of allylic oxidation sites excluding steroid dienone is 2. The summed E-state index contributed by atoms with van der Waals surface area (Å²) in [5, 5.41) is 52.2. The van der Waals surface area contributed by atoms with Gasteiger partial charge in [-0.25, -0.2) is 4.79 Å². The number of carboxylic acid groups (broad SMARTS) is 1. The third kappa shape index (κ3) is 4.76. The summed E-state index contributed by atoms with van der Waals surface area (Å²) < 4.78 is 17.8. The van der Waals surface area contributed by atoms with Crippen LogP contribution in [-0.4, -0.2) is 88.1 Å². The summed E-state index contributed by atoms with van der Waals surface area (Å²) in [6.45, 7) is 16.9. The second-order valence-electron chi connectivity index (χ2n) is 18.3. The highest BCUT2D eigenvalue weighted by atomic mass is 16.7. The first kappa shape index (κ1) is 34.8. The van der Waals surface area contributed by atoms with Crippen LogP contribution in [0.2, 0.25) is 0 Å². The Hall–Kier alpha value is -1.07. The van der Waals surface area contributed by atoms with Gasteiger partial charge < -0.3 is 39.7 Å². The number of hydrogen-bond donors (Lipinski definition) is 5. The summed E-state index contributed by atoms with van der Waals surface area (Å²) in [6.07, 6.45) is 3.13. The zero-order chi connectivity index (χ0) is 33.8. The molecular formula is C37H60O9. The second kappa shape index (κ2) is 11.2. The number of fused-ring (bicyclic) bond motifs is 7. The first-order chi connectivity index (χ1) is 21.3. The molecule has 8 unspecified atom stereocenters. The van der Waals surface area contributed by atoms with E-state index in [2.05, 4.69) is 54.5 Å². The van der Waals surface area contributed by atoms with E-state index in [1.165, 1.54) is 6.42 Å². The van der Waals surface area contributed by atoms with Crippen LogP contribution in [0.1, 0.15) is 106 Å². The molecule has 0 aromatic rings. The highest BCUT2D eigenvalue weighted by Gasteiger charge is 2.69. The first-order valence-corrected chi connectivity index (χ1v) is 17.7. The van der Waals surface area contributed by atoms with Gasteiger partial charge in [0.1, 0.15) is 18.3 Å². The van der Waals surface area contributed by atoms with Gasteiger partial charge in [-0.3, -0.25) is 0 Å². The Labute approximate surface area is 275 Å². The van der Waals surface area contributed by atoms with Crippen molar-refractivity contribution in [1.29, 1.82) is 0 Å². The number of carbonyl (C=O) groups is 1. The van der Waals surface area contributed by atoms with E-state index >= 15 is 0 Å². The number of rotatable bonds is 5. The van der Waals surface area contributed by atoms with Gasteiger partial charge in [-0.15, -0.1) is 0 Å². The van der Waals surface area contributed by atoms with Gasteiger partial charge in [-0.1, -0.05) is 60.1 Å². The van der Waals surface area contributed by atoms with E-state index in [4.69, 9.17) is 14.2 Å². The summed E-state index contributed by atoms with van der Waals surface area (Å²) in [6, 6.07) is 0. The van der Waals surface area contributed by atoms with Crippen molar-refractivity contribution in [3.63, 3.8) is 0 Å². The summed E-state index contributed by atoms with van der Waals surface area (Å²) in [4.78, 5) is 11.7. The minimum atomic E-state index is -1.77. The maximum absolute atomic E-state index is 11.7. The maximum atomic E-state index is 11.7. The maximum Gasteiger partial charge on any atom is 0.335 e. The average Bonchev–Trinajstić information content (AvgIpc) is 2.98. The van der Waals surface area contributed by atoms with Gasteiger partial charge in [0.15, 0.2) is 12.4 Å². The molecule has 5 fully saturated rings. The standard InChI is InChI=1S/C37H60O9/c1-32(2)17-21-20-9-10-23-34(4)13-12-24(38)35(5,19-45-31-28(41)26(39)27(40)29(46-31)30(42)43)22(34)11-14-37(23,7)36(20,6)16-15-33(21,3)25(18-32)44-8/h9,21-29,31,38-41H,10-19H2,1-8H3,(H,42,43)/t21?,22?,23?,24-,25+,26?,27?,28?,29?,31?,33+,34-,35+,36+,37+/m0/s1. The van der Waals surface area contributed by atoms with Crippen LogP contribution in [0.25, 0.3) is 0 Å². The van der Waals surface area contributed by atoms with Crippen molar-refractivity contribution in [2.75, 3.05) is 13.7 Å². The van der Waals surface area contributed by atoms with Crippen LogP contribution in [0.5, 0.6) is 0 Å². The molecule has 0 bridgehead atoms. The molecule has 4 saturated carbocycles. The molecule has 6 rings (SSSR count). The van der Waals surface area contributed by atoms with Crippen molar-refractivity contribution in [1.82, 2.24) is 0 Å². The summed E-state index contributed by atoms with van der Waals surface area (Å²) in [7, 11) is 1.90. The molecule has 5 N–H and O–H groups in total. The molecule has 1 saturated heterocycles. The molecule has 1 heterocycles. The van der Waals surface area contributed by atoms with Gasteiger partial charge in [-0.2, -0.15) is 0 Å². The number of carboxylic acids is 1. The SMILES string of the molecule is CO[C@@H]1CC(C)(C)CC2C3=CCC4[C@@]5(C)CC[C@H](O)[C@](C)(COC6OC(C(=O)O)C(O)C(O)C6O)C5CC[C@@]4(C)[C@]3(C)CC[C@]21C. The van der Waals surface area contributed by atoms with Crippen LogP contribution in [-0.2, 0) is 19.0 Å². The molecule has 15 atom stereocenters. The van der Waals surface area contributed by atoms with Crippen LogP contribution < -0.4 is 0 Å². The Kier molecular flexibility index (Phi) is 8.49. The van der Waals surface area contributed by atoms with Crippen molar-refractivity contribution in [2.45, 2.75) is 149 Å². The normalized spacial score (nSPS) is 54.8. The van der Waals surface area contributed by atoms with Gasteiger partial charge in [0.05, 0.1) is 18.8 Å². The molecule has 46 heavy (non-hydrogen) atoms. The number of hydrogen-bond acceptors (Lipinski definition) is 8.